The predicted octanol–water partition coefficient (Wildman–Crippen LogP) is 3.60. The van der Waals surface area contributed by atoms with Gasteiger partial charge in [-0.25, -0.2) is 0 Å². The fourth-order valence-electron chi connectivity index (χ4n) is 15.7. The Labute approximate surface area is 423 Å². The van der Waals surface area contributed by atoms with E-state index in [-0.39, 0.29) is 46.9 Å². The number of esters is 1. The Morgan fingerprint density at radius 1 is 0.667 bits per heavy atom. The first-order valence-electron chi connectivity index (χ1n) is 26.5. The quantitative estimate of drug-likeness (QED) is 0.123. The van der Waals surface area contributed by atoms with Gasteiger partial charge in [0.25, 0.3) is 0 Å². The van der Waals surface area contributed by atoms with Gasteiger partial charge >= 0.3 is 5.97 Å². The summed E-state index contributed by atoms with van der Waals surface area (Å²) >= 11 is 0. The number of rotatable bonds is 10. The number of fused-ring (bicyclic) bond motifs is 7. The third kappa shape index (κ3) is 8.78. The SMILES string of the molecule is C[C@@H]1O[C@@H](O[C@H]2[C@H](O[C@H]3CC[C@]4(C)[C@H]5C(=O)C=C6[C@@H]7CC(C)(C)CC[C@]7(C(=O)OCc7ccccc7)CC[C@@]6(C)[C@]5(C)CC[C@H]4C3(C)C)O[C@H](CO)[C@@H](O[C@@H]3O[C@@H](C)[C@H](O)[C@@H](O)[C@H]3O)[C@@H]2O)[C@H](O)[C@H](O)[C@H]1O. The second kappa shape index (κ2) is 19.5. The zero-order valence-corrected chi connectivity index (χ0v) is 43.5. The van der Waals surface area contributed by atoms with Crippen molar-refractivity contribution < 1.29 is 83.6 Å². The summed E-state index contributed by atoms with van der Waals surface area (Å²) in [6, 6.07) is 9.76. The lowest BCUT2D eigenvalue weighted by Gasteiger charge is -2.70. The molecule has 0 amide bonds. The number of benzene rings is 1. The van der Waals surface area contributed by atoms with Crippen molar-refractivity contribution >= 4 is 11.8 Å². The number of ether oxygens (including phenoxy) is 7. The van der Waals surface area contributed by atoms with E-state index in [9.17, 15) is 45.6 Å². The topological polar surface area (TPSA) is 261 Å². The fraction of sp³-hybridized carbons (Fsp3) is 0.818. The molecule has 9 rings (SSSR count). The lowest BCUT2D eigenvalue weighted by Crippen LogP contribution is -2.68. The second-order valence-corrected chi connectivity index (χ2v) is 25.2. The van der Waals surface area contributed by atoms with Crippen LogP contribution in [-0.4, -0.2) is 157 Å². The minimum Gasteiger partial charge on any atom is -0.460 e. The van der Waals surface area contributed by atoms with Crippen LogP contribution in [0.3, 0.4) is 0 Å². The average molecular weight is 1020 g/mol. The van der Waals surface area contributed by atoms with E-state index >= 15 is 4.79 Å². The van der Waals surface area contributed by atoms with Crippen LogP contribution in [0.25, 0.3) is 0 Å². The van der Waals surface area contributed by atoms with Gasteiger partial charge in [0.05, 0.1) is 30.3 Å². The number of carbonyl (C=O) groups is 2. The lowest BCUT2D eigenvalue weighted by atomic mass is 9.33. The molecule has 0 unspecified atom stereocenters. The summed E-state index contributed by atoms with van der Waals surface area (Å²) < 4.78 is 43.4. The van der Waals surface area contributed by atoms with Crippen LogP contribution in [0.2, 0.25) is 0 Å². The highest BCUT2D eigenvalue weighted by Crippen LogP contribution is 2.75. The zero-order chi connectivity index (χ0) is 52.2. The maximum atomic E-state index is 15.4. The van der Waals surface area contributed by atoms with E-state index in [1.165, 1.54) is 13.8 Å². The highest BCUT2D eigenvalue weighted by molar-refractivity contribution is 5.96. The van der Waals surface area contributed by atoms with Gasteiger partial charge in [-0.3, -0.25) is 9.59 Å². The van der Waals surface area contributed by atoms with Crippen molar-refractivity contribution in [2.45, 2.75) is 225 Å². The second-order valence-electron chi connectivity index (χ2n) is 25.2. The number of ketones is 1. The van der Waals surface area contributed by atoms with E-state index in [4.69, 9.17) is 33.2 Å². The first-order chi connectivity index (χ1) is 33.7. The van der Waals surface area contributed by atoms with Gasteiger partial charge in [0.15, 0.2) is 24.7 Å². The Bertz CT molecular complexity index is 2170. The molecular weight excluding hydrogens is 933 g/mol. The van der Waals surface area contributed by atoms with Gasteiger partial charge in [-0.1, -0.05) is 84.4 Å². The summed E-state index contributed by atoms with van der Waals surface area (Å²) in [6.07, 6.45) is -14.6. The van der Waals surface area contributed by atoms with Gasteiger partial charge in [0.2, 0.25) is 0 Å². The first kappa shape index (κ1) is 54.3. The van der Waals surface area contributed by atoms with Crippen LogP contribution in [0.1, 0.15) is 126 Å². The summed E-state index contributed by atoms with van der Waals surface area (Å²) in [5.74, 6) is -0.572. The number of carbonyl (C=O) groups excluding carboxylic acids is 2. The number of allylic oxidation sites excluding steroid dienone is 2. The molecule has 0 radical (unpaired) electrons. The molecule has 23 atom stereocenters. The van der Waals surface area contributed by atoms with Crippen molar-refractivity contribution in [2.75, 3.05) is 6.61 Å². The molecule has 3 aliphatic heterocycles. The normalized spacial score (nSPS) is 49.8. The van der Waals surface area contributed by atoms with Gasteiger partial charge in [-0.15, -0.1) is 0 Å². The first-order valence-corrected chi connectivity index (χ1v) is 26.5. The average Bonchev–Trinajstić information content (AvgIpc) is 3.33. The molecule has 17 heteroatoms. The van der Waals surface area contributed by atoms with Gasteiger partial charge in [0.1, 0.15) is 67.6 Å². The summed E-state index contributed by atoms with van der Waals surface area (Å²) in [5.41, 5.74) is -0.601. The molecule has 1 aromatic rings. The van der Waals surface area contributed by atoms with Crippen molar-refractivity contribution in [2.24, 2.45) is 50.2 Å². The Morgan fingerprint density at radius 3 is 1.88 bits per heavy atom. The lowest BCUT2D eigenvalue weighted by molar-refractivity contribution is -0.393. The smallest absolute Gasteiger partial charge is 0.313 e. The third-order valence-electron chi connectivity index (χ3n) is 20.2. The Morgan fingerprint density at radius 2 is 1.26 bits per heavy atom. The van der Waals surface area contributed by atoms with Crippen LogP contribution >= 0.6 is 0 Å². The maximum absolute atomic E-state index is 15.4. The molecule has 3 heterocycles. The number of aliphatic hydroxyl groups excluding tert-OH is 8. The van der Waals surface area contributed by atoms with E-state index in [1.807, 2.05) is 36.4 Å². The Kier molecular flexibility index (Phi) is 14.7. The van der Waals surface area contributed by atoms with Crippen molar-refractivity contribution in [3.63, 3.8) is 0 Å². The molecule has 17 nitrogen and oxygen atoms in total. The number of hydrogen-bond donors (Lipinski definition) is 8. The van der Waals surface area contributed by atoms with Crippen LogP contribution in [0.4, 0.5) is 0 Å². The van der Waals surface area contributed by atoms with Crippen molar-refractivity contribution in [1.82, 2.24) is 0 Å². The molecule has 1 aromatic carbocycles. The van der Waals surface area contributed by atoms with Gasteiger partial charge in [-0.05, 0) is 122 Å². The number of hydrogen-bond acceptors (Lipinski definition) is 17. The largest absolute Gasteiger partial charge is 0.460 e. The zero-order valence-electron chi connectivity index (χ0n) is 43.5. The summed E-state index contributed by atoms with van der Waals surface area (Å²) in [4.78, 5) is 29.9. The maximum Gasteiger partial charge on any atom is 0.313 e. The molecule has 0 bridgehead atoms. The van der Waals surface area contributed by atoms with Gasteiger partial charge < -0.3 is 74.0 Å². The highest BCUT2D eigenvalue weighted by atomic mass is 16.8. The Hall–Kier alpha value is -2.46. The molecule has 8 N–H and O–H groups in total. The molecule has 404 valence electrons. The summed E-state index contributed by atoms with van der Waals surface area (Å²) in [6.45, 7) is 18.2. The van der Waals surface area contributed by atoms with Crippen molar-refractivity contribution in [1.29, 1.82) is 0 Å². The minimum absolute atomic E-state index is 0.0302. The molecule has 5 aliphatic carbocycles. The Balaban J connectivity index is 0.989. The van der Waals surface area contributed by atoms with Crippen LogP contribution in [0.5, 0.6) is 0 Å². The molecule has 0 aromatic heterocycles. The third-order valence-corrected chi connectivity index (χ3v) is 20.2. The predicted molar refractivity (Wildman–Crippen MR) is 257 cm³/mol. The van der Waals surface area contributed by atoms with E-state index < -0.39 is 126 Å². The van der Waals surface area contributed by atoms with E-state index in [0.29, 0.717) is 25.7 Å². The van der Waals surface area contributed by atoms with E-state index in [1.54, 1.807) is 0 Å². The molecule has 72 heavy (non-hydrogen) atoms. The van der Waals surface area contributed by atoms with Gasteiger partial charge in [0, 0.05) is 5.92 Å². The van der Waals surface area contributed by atoms with Crippen LogP contribution < -0.4 is 0 Å². The van der Waals surface area contributed by atoms with Crippen LogP contribution in [0, 0.1) is 50.2 Å². The number of aliphatic hydroxyl groups is 8. The molecule has 7 fully saturated rings. The molecular formula is C55H82O17. The standard InChI is InChI=1S/C55H82O17/c1-27-36(58)38(60)40(62)46(67-27)71-43-33(25-56)69-48(44(42(43)64)72-47-41(63)39(61)37(59)28(2)68-47)70-35-16-17-52(7)34(51(35,5)6)15-18-54(9)45(52)32(57)23-30-31-24-50(3,4)19-21-55(31,22-20-53(30,54)8)49(65)66-26-29-13-11-10-12-14-29/h10-14,23,27-28,31,33-48,56,58-64H,15-22,24-26H2,1-9H3/t27-,28-,31-,33+,34-,35-,36-,37-,38+,39+,40+,41+,42-,43+,44+,45+,46-,47-,48-,52-,53+,54+,55-/m0/s1. The van der Waals surface area contributed by atoms with Gasteiger partial charge in [-0.2, -0.15) is 0 Å². The molecule has 8 aliphatic rings. The van der Waals surface area contributed by atoms with Crippen LogP contribution in [0.15, 0.2) is 42.0 Å². The summed E-state index contributed by atoms with van der Waals surface area (Å²) in [7, 11) is 0. The monoisotopic (exact) mass is 1010 g/mol. The van der Waals surface area contributed by atoms with Crippen molar-refractivity contribution in [3.8, 4) is 0 Å². The van der Waals surface area contributed by atoms with Crippen molar-refractivity contribution in [3.05, 3.63) is 47.5 Å². The van der Waals surface area contributed by atoms with Crippen LogP contribution in [-0.2, 0) is 49.4 Å². The summed E-state index contributed by atoms with van der Waals surface area (Å²) in [5, 5.41) is 87.1. The van der Waals surface area contributed by atoms with E-state index in [2.05, 4.69) is 48.5 Å². The van der Waals surface area contributed by atoms with E-state index in [0.717, 1.165) is 43.2 Å². The molecule has 4 saturated carbocycles. The highest BCUT2D eigenvalue weighted by Gasteiger charge is 2.72. The minimum atomic E-state index is -1.77. The fourth-order valence-corrected chi connectivity index (χ4v) is 15.7. The molecule has 3 saturated heterocycles. The molecule has 0 spiro atoms.